The van der Waals surface area contributed by atoms with E-state index < -0.39 is 11.2 Å². The van der Waals surface area contributed by atoms with Crippen molar-refractivity contribution in [3.05, 3.63) is 50.4 Å². The number of rotatable bonds is 7. The van der Waals surface area contributed by atoms with Crippen molar-refractivity contribution >= 4 is 11.2 Å². The molecule has 0 atom stereocenters. The molecule has 9 heteroatoms. The summed E-state index contributed by atoms with van der Waals surface area (Å²) >= 11 is 0. The molecule has 0 aliphatic carbocycles. The van der Waals surface area contributed by atoms with Gasteiger partial charge < -0.3 is 18.8 Å². The van der Waals surface area contributed by atoms with E-state index in [-0.39, 0.29) is 17.7 Å². The molecule has 0 unspecified atom stereocenters. The SMILES string of the molecule is C#CCn1c(=O)c2c(nc(C#Cc3ccc(OC)c(OC)c3)n2C)n(CCCOC)c1=O. The molecule has 2 aromatic heterocycles. The Balaban J connectivity index is 2.16. The third kappa shape index (κ3) is 4.25. The van der Waals surface area contributed by atoms with Crippen LogP contribution in [0.15, 0.2) is 27.8 Å². The van der Waals surface area contributed by atoms with Gasteiger partial charge in [0.2, 0.25) is 0 Å². The number of methoxy groups -OCH3 is 3. The minimum absolute atomic E-state index is 0.129. The summed E-state index contributed by atoms with van der Waals surface area (Å²) in [7, 11) is 6.37. The van der Waals surface area contributed by atoms with Gasteiger partial charge in [0.25, 0.3) is 5.56 Å². The molecule has 9 nitrogen and oxygen atoms in total. The maximum absolute atomic E-state index is 13.0. The quantitative estimate of drug-likeness (QED) is 0.405. The molecule has 0 bridgehead atoms. The van der Waals surface area contributed by atoms with Gasteiger partial charge in [-0.3, -0.25) is 9.36 Å². The van der Waals surface area contributed by atoms with Crippen molar-refractivity contribution in [2.45, 2.75) is 19.5 Å². The fourth-order valence-electron chi connectivity index (χ4n) is 3.32. The number of aromatic nitrogens is 4. The first-order valence-corrected chi connectivity index (χ1v) is 9.83. The standard InChI is InChI=1S/C23H24N4O5/c1-6-12-27-22(28)20-21(26(23(27)29)13-7-14-30-3)24-19(25(20)2)11-9-16-8-10-17(31-4)18(15-16)32-5/h1,8,10,15H,7,12-14H2,2-5H3. The molecule has 0 aliphatic heterocycles. The number of fused-ring (bicyclic) bond motifs is 1. The summed E-state index contributed by atoms with van der Waals surface area (Å²) < 4.78 is 19.7. The van der Waals surface area contributed by atoms with Crippen LogP contribution in [-0.2, 0) is 24.9 Å². The van der Waals surface area contributed by atoms with Gasteiger partial charge in [-0.15, -0.1) is 6.42 Å². The molecule has 0 fully saturated rings. The fraction of sp³-hybridized carbons (Fsp3) is 0.348. The number of ether oxygens (including phenoxy) is 3. The summed E-state index contributed by atoms with van der Waals surface area (Å²) in [6.45, 7) is 0.657. The van der Waals surface area contributed by atoms with Crippen molar-refractivity contribution in [3.8, 4) is 35.7 Å². The molecule has 0 saturated heterocycles. The Morgan fingerprint density at radius 3 is 2.47 bits per heavy atom. The summed E-state index contributed by atoms with van der Waals surface area (Å²) in [5, 5.41) is 0. The minimum atomic E-state index is -0.506. The Morgan fingerprint density at radius 1 is 1.06 bits per heavy atom. The molecule has 3 rings (SSSR count). The zero-order chi connectivity index (χ0) is 23.3. The van der Waals surface area contributed by atoms with Crippen LogP contribution in [0.2, 0.25) is 0 Å². The highest BCUT2D eigenvalue weighted by molar-refractivity contribution is 5.72. The lowest BCUT2D eigenvalue weighted by Crippen LogP contribution is -2.40. The summed E-state index contributed by atoms with van der Waals surface area (Å²) in [5.41, 5.74) is 0.198. The van der Waals surface area contributed by atoms with Crippen molar-refractivity contribution in [1.82, 2.24) is 18.7 Å². The molecule has 0 spiro atoms. The number of hydrogen-bond donors (Lipinski definition) is 0. The van der Waals surface area contributed by atoms with E-state index >= 15 is 0 Å². The first-order valence-electron chi connectivity index (χ1n) is 9.83. The van der Waals surface area contributed by atoms with Gasteiger partial charge in [0.15, 0.2) is 28.5 Å². The average Bonchev–Trinajstić information content (AvgIpc) is 3.13. The van der Waals surface area contributed by atoms with Crippen molar-refractivity contribution < 1.29 is 14.2 Å². The second kappa shape index (κ2) is 9.90. The number of nitrogens with zero attached hydrogens (tertiary/aromatic N) is 4. The van der Waals surface area contributed by atoms with Crippen LogP contribution in [-0.4, -0.2) is 46.6 Å². The molecule has 32 heavy (non-hydrogen) atoms. The number of aryl methyl sites for hydroxylation is 2. The van der Waals surface area contributed by atoms with Crippen LogP contribution in [0.5, 0.6) is 11.5 Å². The fourth-order valence-corrected chi connectivity index (χ4v) is 3.32. The highest BCUT2D eigenvalue weighted by Gasteiger charge is 2.19. The Hall–Kier alpha value is -3.95. The molecule has 0 saturated carbocycles. The predicted molar refractivity (Wildman–Crippen MR) is 120 cm³/mol. The van der Waals surface area contributed by atoms with Gasteiger partial charge in [-0.2, -0.15) is 0 Å². The van der Waals surface area contributed by atoms with Crippen LogP contribution in [0.3, 0.4) is 0 Å². The smallest absolute Gasteiger partial charge is 0.333 e. The van der Waals surface area contributed by atoms with Gasteiger partial charge in [-0.25, -0.2) is 14.3 Å². The van der Waals surface area contributed by atoms with E-state index in [1.165, 1.54) is 4.57 Å². The van der Waals surface area contributed by atoms with Crippen molar-refractivity contribution in [2.75, 3.05) is 27.9 Å². The molecule has 1 aromatic carbocycles. The summed E-state index contributed by atoms with van der Waals surface area (Å²) in [5.74, 6) is 9.84. The molecule has 0 radical (unpaired) electrons. The largest absolute Gasteiger partial charge is 0.493 e. The van der Waals surface area contributed by atoms with Gasteiger partial charge in [0, 0.05) is 32.9 Å². The lowest BCUT2D eigenvalue weighted by Gasteiger charge is -2.10. The van der Waals surface area contributed by atoms with Gasteiger partial charge in [-0.05, 0) is 30.5 Å². The van der Waals surface area contributed by atoms with E-state index in [9.17, 15) is 9.59 Å². The zero-order valence-corrected chi connectivity index (χ0v) is 18.5. The van der Waals surface area contributed by atoms with E-state index in [4.69, 9.17) is 20.6 Å². The third-order valence-electron chi connectivity index (χ3n) is 4.92. The van der Waals surface area contributed by atoms with Crippen LogP contribution in [0.4, 0.5) is 0 Å². The Morgan fingerprint density at radius 2 is 1.81 bits per heavy atom. The Labute approximate surface area is 185 Å². The number of hydrogen-bond acceptors (Lipinski definition) is 6. The molecular weight excluding hydrogens is 412 g/mol. The van der Waals surface area contributed by atoms with Crippen molar-refractivity contribution in [1.29, 1.82) is 0 Å². The highest BCUT2D eigenvalue weighted by atomic mass is 16.5. The molecule has 166 valence electrons. The van der Waals surface area contributed by atoms with Gasteiger partial charge in [0.1, 0.15) is 0 Å². The summed E-state index contributed by atoms with van der Waals surface area (Å²) in [6.07, 6.45) is 5.94. The summed E-state index contributed by atoms with van der Waals surface area (Å²) in [6, 6.07) is 5.29. The molecule has 0 amide bonds. The van der Waals surface area contributed by atoms with Crippen LogP contribution >= 0.6 is 0 Å². The monoisotopic (exact) mass is 436 g/mol. The average molecular weight is 436 g/mol. The second-order valence-corrected chi connectivity index (χ2v) is 6.86. The number of imidazole rings is 1. The van der Waals surface area contributed by atoms with E-state index in [0.29, 0.717) is 42.5 Å². The maximum atomic E-state index is 13.0. The van der Waals surface area contributed by atoms with Gasteiger partial charge in [-0.1, -0.05) is 11.8 Å². The van der Waals surface area contributed by atoms with Crippen molar-refractivity contribution in [2.24, 2.45) is 7.05 Å². The topological polar surface area (TPSA) is 89.5 Å². The highest BCUT2D eigenvalue weighted by Crippen LogP contribution is 2.27. The van der Waals surface area contributed by atoms with E-state index in [1.54, 1.807) is 51.1 Å². The second-order valence-electron chi connectivity index (χ2n) is 6.86. The van der Waals surface area contributed by atoms with E-state index in [1.807, 2.05) is 0 Å². The number of benzene rings is 1. The molecule has 2 heterocycles. The molecular formula is C23H24N4O5. The Bertz CT molecular complexity index is 1360. The lowest BCUT2D eigenvalue weighted by atomic mass is 10.2. The lowest BCUT2D eigenvalue weighted by molar-refractivity contribution is 0.190. The summed E-state index contributed by atoms with van der Waals surface area (Å²) in [4.78, 5) is 30.4. The van der Waals surface area contributed by atoms with Crippen LogP contribution in [0, 0.1) is 24.2 Å². The zero-order valence-electron chi connectivity index (χ0n) is 18.5. The molecule has 3 aromatic rings. The minimum Gasteiger partial charge on any atom is -0.493 e. The maximum Gasteiger partial charge on any atom is 0.333 e. The van der Waals surface area contributed by atoms with Crippen LogP contribution < -0.4 is 20.7 Å². The van der Waals surface area contributed by atoms with Crippen molar-refractivity contribution in [3.63, 3.8) is 0 Å². The van der Waals surface area contributed by atoms with E-state index in [0.717, 1.165) is 4.57 Å². The first-order chi connectivity index (χ1) is 15.5. The Kier molecular flexibility index (Phi) is 7.04. The van der Waals surface area contributed by atoms with Crippen LogP contribution in [0.25, 0.3) is 11.2 Å². The van der Waals surface area contributed by atoms with E-state index in [2.05, 4.69) is 22.7 Å². The van der Waals surface area contributed by atoms with Crippen LogP contribution in [0.1, 0.15) is 17.8 Å². The third-order valence-corrected chi connectivity index (χ3v) is 4.92. The first kappa shape index (κ1) is 22.7. The number of terminal acetylenes is 1. The molecule has 0 aliphatic rings. The predicted octanol–water partition coefficient (Wildman–Crippen LogP) is 0.983. The van der Waals surface area contributed by atoms with Gasteiger partial charge in [0.05, 0.1) is 20.8 Å². The molecule has 0 N–H and O–H groups in total. The van der Waals surface area contributed by atoms with Gasteiger partial charge >= 0.3 is 5.69 Å². The normalized spacial score (nSPS) is 10.5.